The van der Waals surface area contributed by atoms with Crippen molar-refractivity contribution in [2.75, 3.05) is 13.7 Å². The highest BCUT2D eigenvalue weighted by atomic mass is 16.5. The Hall–Kier alpha value is -0.610. The molecule has 0 aromatic carbocycles. The van der Waals surface area contributed by atoms with E-state index in [2.05, 4.69) is 5.32 Å². The molecule has 17 heavy (non-hydrogen) atoms. The van der Waals surface area contributed by atoms with Crippen LogP contribution in [0.3, 0.4) is 0 Å². The van der Waals surface area contributed by atoms with Crippen LogP contribution in [0, 0.1) is 11.8 Å². The van der Waals surface area contributed by atoms with Crippen LogP contribution in [0.2, 0.25) is 0 Å². The first-order chi connectivity index (χ1) is 8.20. The Bertz CT molecular complexity index is 270. The molecule has 3 N–H and O–H groups in total. The van der Waals surface area contributed by atoms with E-state index >= 15 is 0 Å². The van der Waals surface area contributed by atoms with E-state index in [1.807, 2.05) is 0 Å². The molecular weight excluding hydrogens is 216 g/mol. The maximum Gasteiger partial charge on any atom is 0.237 e. The number of methoxy groups -OCH3 is 1. The number of hydrogen-bond acceptors (Lipinski definition) is 3. The second-order valence-corrected chi connectivity index (χ2v) is 5.53. The van der Waals surface area contributed by atoms with E-state index in [0.29, 0.717) is 19.1 Å². The lowest BCUT2D eigenvalue weighted by atomic mass is 9.95. The summed E-state index contributed by atoms with van der Waals surface area (Å²) < 4.78 is 4.96. The Morgan fingerprint density at radius 1 is 1.47 bits per heavy atom. The molecule has 2 aliphatic carbocycles. The fourth-order valence-corrected chi connectivity index (χ4v) is 3.29. The lowest BCUT2D eigenvalue weighted by molar-refractivity contribution is -0.123. The Morgan fingerprint density at radius 2 is 2.29 bits per heavy atom. The summed E-state index contributed by atoms with van der Waals surface area (Å²) in [6.45, 7) is 0.676. The van der Waals surface area contributed by atoms with E-state index < -0.39 is 0 Å². The number of rotatable bonds is 6. The molecule has 98 valence electrons. The molecule has 2 rings (SSSR count). The Labute approximate surface area is 103 Å². The first-order valence-corrected chi connectivity index (χ1v) is 6.75. The molecule has 1 amide bonds. The molecule has 0 aliphatic heterocycles. The Balaban J connectivity index is 1.69. The SMILES string of the molecule is COCCCC(N)C(=O)NC1CC2CCC1C2. The maximum absolute atomic E-state index is 11.9. The number of carbonyl (C=O) groups is 1. The number of nitrogens with one attached hydrogen (secondary N) is 1. The largest absolute Gasteiger partial charge is 0.385 e. The summed E-state index contributed by atoms with van der Waals surface area (Å²) in [5.41, 5.74) is 5.87. The summed E-state index contributed by atoms with van der Waals surface area (Å²) in [6, 6.07) is 0.0269. The van der Waals surface area contributed by atoms with E-state index in [1.165, 1.54) is 25.7 Å². The third-order valence-corrected chi connectivity index (χ3v) is 4.27. The topological polar surface area (TPSA) is 64.3 Å². The van der Waals surface area contributed by atoms with Crippen molar-refractivity contribution in [3.8, 4) is 0 Å². The molecule has 0 spiro atoms. The first kappa shape index (κ1) is 12.8. The number of amides is 1. The number of nitrogens with two attached hydrogens (primary N) is 1. The molecule has 0 aromatic heterocycles. The van der Waals surface area contributed by atoms with Crippen LogP contribution in [0.15, 0.2) is 0 Å². The van der Waals surface area contributed by atoms with Gasteiger partial charge in [-0.2, -0.15) is 0 Å². The molecule has 4 unspecified atom stereocenters. The molecule has 0 aromatic rings. The van der Waals surface area contributed by atoms with Crippen molar-refractivity contribution in [3.63, 3.8) is 0 Å². The number of carbonyl (C=O) groups excluding carboxylic acids is 1. The normalized spacial score (nSPS) is 32.7. The van der Waals surface area contributed by atoms with E-state index in [9.17, 15) is 4.79 Å². The standard InChI is InChI=1S/C13H24N2O2/c1-17-6-2-3-11(14)13(16)15-12-8-9-4-5-10(12)7-9/h9-12H,2-8,14H2,1H3,(H,15,16). The molecule has 4 atom stereocenters. The highest BCUT2D eigenvalue weighted by Gasteiger charge is 2.40. The molecule has 2 saturated carbocycles. The summed E-state index contributed by atoms with van der Waals surface area (Å²) in [4.78, 5) is 11.9. The predicted molar refractivity (Wildman–Crippen MR) is 66.5 cm³/mol. The average Bonchev–Trinajstić information content (AvgIpc) is 2.91. The number of fused-ring (bicyclic) bond motifs is 2. The van der Waals surface area contributed by atoms with Crippen LogP contribution in [0.25, 0.3) is 0 Å². The van der Waals surface area contributed by atoms with Crippen LogP contribution in [0.5, 0.6) is 0 Å². The molecule has 2 aliphatic rings. The molecule has 0 radical (unpaired) electrons. The zero-order valence-electron chi connectivity index (χ0n) is 10.7. The van der Waals surface area contributed by atoms with Gasteiger partial charge in [-0.05, 0) is 43.9 Å². The van der Waals surface area contributed by atoms with Crippen LogP contribution in [0.4, 0.5) is 0 Å². The van der Waals surface area contributed by atoms with Crippen LogP contribution in [-0.4, -0.2) is 31.7 Å². The molecular formula is C13H24N2O2. The predicted octanol–water partition coefficient (Wildman–Crippen LogP) is 1.05. The molecule has 0 saturated heterocycles. The number of hydrogen-bond donors (Lipinski definition) is 2. The van der Waals surface area contributed by atoms with Crippen molar-refractivity contribution in [2.45, 2.75) is 50.6 Å². The molecule has 0 heterocycles. The van der Waals surface area contributed by atoms with Crippen LogP contribution in [0.1, 0.15) is 38.5 Å². The van der Waals surface area contributed by atoms with Gasteiger partial charge in [0.2, 0.25) is 5.91 Å². The minimum atomic E-state index is -0.371. The van der Waals surface area contributed by atoms with Gasteiger partial charge in [-0.3, -0.25) is 4.79 Å². The Morgan fingerprint density at radius 3 is 2.88 bits per heavy atom. The molecule has 4 heteroatoms. The average molecular weight is 240 g/mol. The van der Waals surface area contributed by atoms with Crippen molar-refractivity contribution in [1.82, 2.24) is 5.32 Å². The smallest absolute Gasteiger partial charge is 0.237 e. The second kappa shape index (κ2) is 5.83. The second-order valence-electron chi connectivity index (χ2n) is 5.53. The quantitative estimate of drug-likeness (QED) is 0.682. The van der Waals surface area contributed by atoms with Gasteiger partial charge >= 0.3 is 0 Å². The van der Waals surface area contributed by atoms with E-state index in [-0.39, 0.29) is 11.9 Å². The van der Waals surface area contributed by atoms with Gasteiger partial charge in [0.1, 0.15) is 0 Å². The van der Waals surface area contributed by atoms with Gasteiger partial charge in [0.05, 0.1) is 6.04 Å². The van der Waals surface area contributed by atoms with Gasteiger partial charge in [-0.15, -0.1) is 0 Å². The van der Waals surface area contributed by atoms with Gasteiger partial charge in [-0.25, -0.2) is 0 Å². The summed E-state index contributed by atoms with van der Waals surface area (Å²) in [5.74, 6) is 1.60. The van der Waals surface area contributed by atoms with Gasteiger partial charge in [-0.1, -0.05) is 6.42 Å². The van der Waals surface area contributed by atoms with Crippen molar-refractivity contribution < 1.29 is 9.53 Å². The summed E-state index contributed by atoms with van der Waals surface area (Å²) in [6.07, 6.45) is 6.68. The first-order valence-electron chi connectivity index (χ1n) is 6.75. The Kier molecular flexibility index (Phi) is 4.40. The summed E-state index contributed by atoms with van der Waals surface area (Å²) >= 11 is 0. The third kappa shape index (κ3) is 3.19. The van der Waals surface area contributed by atoms with E-state index in [0.717, 1.165) is 18.3 Å². The van der Waals surface area contributed by atoms with Crippen LogP contribution in [-0.2, 0) is 9.53 Å². The minimum absolute atomic E-state index is 0.0265. The summed E-state index contributed by atoms with van der Waals surface area (Å²) in [5, 5.41) is 3.13. The highest BCUT2D eigenvalue weighted by molar-refractivity contribution is 5.81. The fourth-order valence-electron chi connectivity index (χ4n) is 3.29. The lowest BCUT2D eigenvalue weighted by Crippen LogP contribution is -2.47. The monoisotopic (exact) mass is 240 g/mol. The van der Waals surface area contributed by atoms with Crippen molar-refractivity contribution >= 4 is 5.91 Å². The minimum Gasteiger partial charge on any atom is -0.385 e. The van der Waals surface area contributed by atoms with Crippen molar-refractivity contribution in [3.05, 3.63) is 0 Å². The van der Waals surface area contributed by atoms with Crippen LogP contribution >= 0.6 is 0 Å². The lowest BCUT2D eigenvalue weighted by Gasteiger charge is -2.24. The molecule has 2 bridgehead atoms. The van der Waals surface area contributed by atoms with Gasteiger partial charge in [0.25, 0.3) is 0 Å². The van der Waals surface area contributed by atoms with Gasteiger partial charge in [0, 0.05) is 19.8 Å². The maximum atomic E-state index is 11.9. The highest BCUT2D eigenvalue weighted by Crippen LogP contribution is 2.44. The molecule has 4 nitrogen and oxygen atoms in total. The van der Waals surface area contributed by atoms with Gasteiger partial charge < -0.3 is 15.8 Å². The van der Waals surface area contributed by atoms with E-state index in [1.54, 1.807) is 7.11 Å². The zero-order valence-corrected chi connectivity index (χ0v) is 10.7. The van der Waals surface area contributed by atoms with E-state index in [4.69, 9.17) is 10.5 Å². The van der Waals surface area contributed by atoms with Gasteiger partial charge in [0.15, 0.2) is 0 Å². The fraction of sp³-hybridized carbons (Fsp3) is 0.923. The summed E-state index contributed by atoms with van der Waals surface area (Å²) in [7, 11) is 1.67. The van der Waals surface area contributed by atoms with Crippen molar-refractivity contribution in [1.29, 1.82) is 0 Å². The third-order valence-electron chi connectivity index (χ3n) is 4.27. The number of ether oxygens (including phenoxy) is 1. The van der Waals surface area contributed by atoms with Crippen LogP contribution < -0.4 is 11.1 Å². The van der Waals surface area contributed by atoms with Crippen molar-refractivity contribution in [2.24, 2.45) is 17.6 Å². The molecule has 2 fully saturated rings. The zero-order chi connectivity index (χ0) is 12.3.